The number of aryl methyl sites for hydroxylation is 1. The van der Waals surface area contributed by atoms with Crippen molar-refractivity contribution < 1.29 is 14.3 Å². The fourth-order valence-electron chi connectivity index (χ4n) is 3.24. The Kier molecular flexibility index (Phi) is 5.41. The van der Waals surface area contributed by atoms with Crippen molar-refractivity contribution >= 4 is 11.9 Å². The minimum Gasteiger partial charge on any atom is -0.467 e. The van der Waals surface area contributed by atoms with Gasteiger partial charge >= 0.3 is 5.97 Å². The van der Waals surface area contributed by atoms with Gasteiger partial charge in [-0.1, -0.05) is 13.3 Å². The van der Waals surface area contributed by atoms with E-state index >= 15 is 0 Å². The van der Waals surface area contributed by atoms with Crippen molar-refractivity contribution in [2.24, 2.45) is 13.0 Å². The molecule has 1 aromatic heterocycles. The number of nitrogens with one attached hydrogen (secondary N) is 2. The first-order chi connectivity index (χ1) is 10.9. The van der Waals surface area contributed by atoms with Crippen LogP contribution in [0.3, 0.4) is 0 Å². The Morgan fingerprint density at radius 2 is 2.26 bits per heavy atom. The zero-order valence-corrected chi connectivity index (χ0v) is 14.3. The van der Waals surface area contributed by atoms with Crippen LogP contribution in [0.5, 0.6) is 0 Å². The molecule has 1 aliphatic heterocycles. The minimum absolute atomic E-state index is 0.0622. The molecule has 3 atom stereocenters. The zero-order valence-electron chi connectivity index (χ0n) is 14.3. The molecule has 1 unspecified atom stereocenters. The van der Waals surface area contributed by atoms with Crippen molar-refractivity contribution in [2.45, 2.75) is 38.1 Å². The van der Waals surface area contributed by atoms with Gasteiger partial charge in [0, 0.05) is 32.3 Å². The highest BCUT2D eigenvalue weighted by Crippen LogP contribution is 2.29. The lowest BCUT2D eigenvalue weighted by Crippen LogP contribution is -2.55. The van der Waals surface area contributed by atoms with E-state index in [0.717, 1.165) is 18.5 Å². The molecule has 0 aromatic carbocycles. The van der Waals surface area contributed by atoms with Gasteiger partial charge in [0.15, 0.2) is 0 Å². The van der Waals surface area contributed by atoms with Crippen LogP contribution >= 0.6 is 0 Å². The van der Waals surface area contributed by atoms with Crippen LogP contribution in [0.25, 0.3) is 0 Å². The van der Waals surface area contributed by atoms with Crippen LogP contribution in [0, 0.1) is 5.92 Å². The number of hydrogen-bond donors (Lipinski definition) is 2. The highest BCUT2D eigenvalue weighted by molar-refractivity contribution is 5.89. The quantitative estimate of drug-likeness (QED) is 0.748. The van der Waals surface area contributed by atoms with Crippen molar-refractivity contribution in [2.75, 3.05) is 20.2 Å². The van der Waals surface area contributed by atoms with E-state index in [-0.39, 0.29) is 17.7 Å². The van der Waals surface area contributed by atoms with Gasteiger partial charge in [0.25, 0.3) is 0 Å². The second-order valence-electron chi connectivity index (χ2n) is 6.38. The van der Waals surface area contributed by atoms with Crippen molar-refractivity contribution in [3.8, 4) is 0 Å². The molecule has 0 aliphatic carbocycles. The molecule has 1 aliphatic rings. The number of aromatic nitrogens is 2. The van der Waals surface area contributed by atoms with Gasteiger partial charge in [-0.3, -0.25) is 9.48 Å². The van der Waals surface area contributed by atoms with E-state index in [4.69, 9.17) is 4.74 Å². The van der Waals surface area contributed by atoms with Crippen LogP contribution in [0.2, 0.25) is 0 Å². The molecule has 1 aromatic rings. The number of nitrogens with zero attached hydrogens (tertiary/aromatic N) is 2. The van der Waals surface area contributed by atoms with Gasteiger partial charge in [-0.2, -0.15) is 5.10 Å². The van der Waals surface area contributed by atoms with Crippen molar-refractivity contribution in [1.29, 1.82) is 0 Å². The van der Waals surface area contributed by atoms with E-state index in [1.807, 2.05) is 20.2 Å². The summed E-state index contributed by atoms with van der Waals surface area (Å²) in [5, 5.41) is 10.4. The van der Waals surface area contributed by atoms with Crippen LogP contribution in [-0.4, -0.2) is 47.4 Å². The summed E-state index contributed by atoms with van der Waals surface area (Å²) >= 11 is 0. The maximum Gasteiger partial charge on any atom is 0.331 e. The van der Waals surface area contributed by atoms with Crippen LogP contribution in [0.4, 0.5) is 0 Å². The molecule has 0 saturated carbocycles. The number of carbonyl (C=O) groups is 2. The van der Waals surface area contributed by atoms with Crippen LogP contribution in [0.15, 0.2) is 12.4 Å². The predicted octanol–water partition coefficient (Wildman–Crippen LogP) is 0.571. The van der Waals surface area contributed by atoms with Crippen molar-refractivity contribution in [3.05, 3.63) is 18.0 Å². The largest absolute Gasteiger partial charge is 0.467 e. The number of esters is 1. The summed E-state index contributed by atoms with van der Waals surface area (Å²) in [5.74, 6) is -0.686. The molecule has 23 heavy (non-hydrogen) atoms. The van der Waals surface area contributed by atoms with E-state index < -0.39 is 11.5 Å². The third-order valence-electron chi connectivity index (χ3n) is 4.49. The summed E-state index contributed by atoms with van der Waals surface area (Å²) in [6.45, 7) is 5.02. The lowest BCUT2D eigenvalue weighted by atomic mass is 9.88. The van der Waals surface area contributed by atoms with E-state index in [1.165, 1.54) is 7.11 Å². The monoisotopic (exact) mass is 322 g/mol. The van der Waals surface area contributed by atoms with Gasteiger partial charge in [0.2, 0.25) is 5.91 Å². The highest BCUT2D eigenvalue weighted by atomic mass is 16.5. The first kappa shape index (κ1) is 17.5. The second kappa shape index (κ2) is 7.12. The van der Waals surface area contributed by atoms with Crippen molar-refractivity contribution in [3.63, 3.8) is 0 Å². The molecule has 2 rings (SSSR count). The summed E-state index contributed by atoms with van der Waals surface area (Å²) in [4.78, 5) is 24.8. The first-order valence-electron chi connectivity index (χ1n) is 8.01. The number of ether oxygens (including phenoxy) is 1. The van der Waals surface area contributed by atoms with Gasteiger partial charge in [-0.25, -0.2) is 4.79 Å². The normalized spacial score (nSPS) is 23.3. The number of carbonyl (C=O) groups excluding carboxylic acids is 2. The Labute approximate surface area is 136 Å². The van der Waals surface area contributed by atoms with Gasteiger partial charge in [-0.05, 0) is 18.9 Å². The molecule has 0 spiro atoms. The van der Waals surface area contributed by atoms with Gasteiger partial charge in [-0.15, -0.1) is 0 Å². The number of hydrogen-bond acceptors (Lipinski definition) is 5. The Morgan fingerprint density at radius 3 is 2.83 bits per heavy atom. The maximum atomic E-state index is 12.8. The van der Waals surface area contributed by atoms with Gasteiger partial charge in [0.05, 0.1) is 19.2 Å². The number of amides is 1. The zero-order chi connectivity index (χ0) is 17.0. The second-order valence-corrected chi connectivity index (χ2v) is 6.38. The SMILES string of the molecule is CCCC(C)(NC(=O)[C@H]1CNC[C@@H]1c1cnn(C)c1)C(=O)OC. The average molecular weight is 322 g/mol. The minimum atomic E-state index is -0.983. The molecule has 1 fully saturated rings. The Hall–Kier alpha value is -1.89. The molecule has 2 heterocycles. The van der Waals surface area contributed by atoms with E-state index in [9.17, 15) is 9.59 Å². The van der Waals surface area contributed by atoms with Crippen LogP contribution in [0.1, 0.15) is 38.2 Å². The summed E-state index contributed by atoms with van der Waals surface area (Å²) in [6, 6.07) is 0. The fourth-order valence-corrected chi connectivity index (χ4v) is 3.24. The maximum absolute atomic E-state index is 12.8. The van der Waals surface area contributed by atoms with Crippen LogP contribution < -0.4 is 10.6 Å². The van der Waals surface area contributed by atoms with Gasteiger partial charge in [0.1, 0.15) is 5.54 Å². The molecule has 1 amide bonds. The highest BCUT2D eigenvalue weighted by Gasteiger charge is 2.41. The standard InChI is InChI=1S/C16H26N4O3/c1-5-6-16(2,15(22)23-4)19-14(21)13-9-17-8-12(13)11-7-18-20(3)10-11/h7,10,12-13,17H,5-6,8-9H2,1-4H3,(H,19,21)/t12-,13+,16?/m1/s1. The van der Waals surface area contributed by atoms with Crippen molar-refractivity contribution in [1.82, 2.24) is 20.4 Å². The molecular formula is C16H26N4O3. The van der Waals surface area contributed by atoms with Gasteiger partial charge < -0.3 is 15.4 Å². The fraction of sp³-hybridized carbons (Fsp3) is 0.688. The summed E-state index contributed by atoms with van der Waals surface area (Å²) < 4.78 is 6.60. The average Bonchev–Trinajstić information content (AvgIpc) is 3.14. The lowest BCUT2D eigenvalue weighted by molar-refractivity contribution is -0.151. The summed E-state index contributed by atoms with van der Waals surface area (Å²) in [6.07, 6.45) is 5.05. The Morgan fingerprint density at radius 1 is 1.52 bits per heavy atom. The third-order valence-corrected chi connectivity index (χ3v) is 4.49. The van der Waals surface area contributed by atoms with E-state index in [1.54, 1.807) is 17.8 Å². The Bertz CT molecular complexity index is 571. The third kappa shape index (κ3) is 3.72. The van der Waals surface area contributed by atoms with E-state index in [2.05, 4.69) is 15.7 Å². The predicted molar refractivity (Wildman–Crippen MR) is 85.8 cm³/mol. The molecule has 128 valence electrons. The lowest BCUT2D eigenvalue weighted by Gasteiger charge is -2.29. The topological polar surface area (TPSA) is 85.3 Å². The summed E-state index contributed by atoms with van der Waals surface area (Å²) in [5.41, 5.74) is 0.0516. The van der Waals surface area contributed by atoms with Crippen LogP contribution in [-0.2, 0) is 21.4 Å². The van der Waals surface area contributed by atoms with E-state index in [0.29, 0.717) is 13.0 Å². The number of rotatable bonds is 6. The first-order valence-corrected chi connectivity index (χ1v) is 8.01. The summed E-state index contributed by atoms with van der Waals surface area (Å²) in [7, 11) is 3.20. The Balaban J connectivity index is 2.13. The molecule has 0 radical (unpaired) electrons. The molecule has 1 saturated heterocycles. The number of methoxy groups -OCH3 is 1. The molecule has 2 N–H and O–H groups in total. The smallest absolute Gasteiger partial charge is 0.331 e. The molecule has 7 nitrogen and oxygen atoms in total. The molecule has 7 heteroatoms. The molecule has 0 bridgehead atoms. The molecular weight excluding hydrogens is 296 g/mol.